The van der Waals surface area contributed by atoms with Gasteiger partial charge in [0, 0.05) is 45.3 Å². The van der Waals surface area contributed by atoms with Crippen molar-refractivity contribution >= 4 is 21.5 Å². The van der Waals surface area contributed by atoms with E-state index >= 15 is 0 Å². The Morgan fingerprint density at radius 1 is 1.25 bits per heavy atom. The monoisotopic (exact) mass is 353 g/mol. The van der Waals surface area contributed by atoms with E-state index in [-0.39, 0.29) is 17.5 Å². The third-order valence-corrected chi connectivity index (χ3v) is 6.82. The molecule has 0 radical (unpaired) electrons. The molecule has 2 aliphatic heterocycles. The van der Waals surface area contributed by atoms with Gasteiger partial charge in [0.25, 0.3) is 0 Å². The minimum absolute atomic E-state index is 0.00842. The summed E-state index contributed by atoms with van der Waals surface area (Å²) < 4.78 is 23.5. The molecule has 0 spiro atoms. The minimum atomic E-state index is -2.90. The molecule has 134 valence electrons. The summed E-state index contributed by atoms with van der Waals surface area (Å²) in [6.07, 6.45) is 0.673. The molecule has 1 aromatic heterocycles. The van der Waals surface area contributed by atoms with Gasteiger partial charge in [-0.3, -0.25) is 0 Å². The lowest BCUT2D eigenvalue weighted by molar-refractivity contribution is 0.270. The van der Waals surface area contributed by atoms with Crippen molar-refractivity contribution in [1.82, 2.24) is 14.9 Å². The van der Waals surface area contributed by atoms with Crippen molar-refractivity contribution in [3.63, 3.8) is 0 Å². The van der Waals surface area contributed by atoms with Crippen molar-refractivity contribution in [2.24, 2.45) is 0 Å². The highest BCUT2D eigenvalue weighted by Crippen LogP contribution is 2.25. The van der Waals surface area contributed by atoms with E-state index in [1.54, 1.807) is 0 Å². The number of likely N-dealkylation sites (N-methyl/N-ethyl adjacent to an activating group) is 1. The average Bonchev–Trinajstić information content (AvgIpc) is 2.93. The van der Waals surface area contributed by atoms with Gasteiger partial charge in [-0.25, -0.2) is 18.4 Å². The van der Waals surface area contributed by atoms with Crippen LogP contribution in [0.3, 0.4) is 0 Å². The normalized spacial score (nSPS) is 24.3. The van der Waals surface area contributed by atoms with Gasteiger partial charge >= 0.3 is 0 Å². The number of sulfone groups is 1. The molecule has 0 amide bonds. The molecule has 0 aliphatic carbocycles. The van der Waals surface area contributed by atoms with Gasteiger partial charge in [0.2, 0.25) is 0 Å². The molecular formula is C16H27N5O2S. The molecule has 0 saturated carbocycles. The number of aryl methyl sites for hydroxylation is 1. The largest absolute Gasteiger partial charge is 0.355 e. The summed E-state index contributed by atoms with van der Waals surface area (Å²) in [5, 5.41) is 0. The Kier molecular flexibility index (Phi) is 4.96. The van der Waals surface area contributed by atoms with E-state index in [2.05, 4.69) is 26.7 Å². The average molecular weight is 353 g/mol. The number of hydrogen-bond acceptors (Lipinski definition) is 7. The fraction of sp³-hybridized carbons (Fsp3) is 0.750. The van der Waals surface area contributed by atoms with Crippen LogP contribution in [0.15, 0.2) is 6.07 Å². The second kappa shape index (κ2) is 6.84. The Labute approximate surface area is 144 Å². The third kappa shape index (κ3) is 3.80. The SMILES string of the molecule is CCN1CCN(c2cc(N(C)C3CCS(=O)(=O)C3)nc(C)n2)CC1. The van der Waals surface area contributed by atoms with Gasteiger partial charge in [0.05, 0.1) is 11.5 Å². The maximum Gasteiger partial charge on any atom is 0.152 e. The second-order valence-corrected chi connectivity index (χ2v) is 8.95. The Balaban J connectivity index is 1.77. The molecule has 3 rings (SSSR count). The predicted molar refractivity (Wildman–Crippen MR) is 96.6 cm³/mol. The zero-order chi connectivity index (χ0) is 17.3. The molecule has 1 atom stereocenters. The molecule has 0 aromatic carbocycles. The Hall–Kier alpha value is -1.41. The van der Waals surface area contributed by atoms with Crippen molar-refractivity contribution < 1.29 is 8.42 Å². The highest BCUT2D eigenvalue weighted by molar-refractivity contribution is 7.91. The van der Waals surface area contributed by atoms with Gasteiger partial charge in [0.15, 0.2) is 9.84 Å². The number of nitrogens with zero attached hydrogens (tertiary/aromatic N) is 5. The van der Waals surface area contributed by atoms with Gasteiger partial charge < -0.3 is 14.7 Å². The van der Waals surface area contributed by atoms with Crippen LogP contribution in [-0.4, -0.2) is 80.6 Å². The van der Waals surface area contributed by atoms with Crippen LogP contribution in [0.5, 0.6) is 0 Å². The summed E-state index contributed by atoms with van der Waals surface area (Å²) in [7, 11) is -0.963. The summed E-state index contributed by atoms with van der Waals surface area (Å²) in [5.41, 5.74) is 0. The maximum atomic E-state index is 11.7. The third-order valence-electron chi connectivity index (χ3n) is 5.07. The molecule has 0 bridgehead atoms. The Morgan fingerprint density at radius 3 is 2.54 bits per heavy atom. The molecule has 7 nitrogen and oxygen atoms in total. The molecule has 2 fully saturated rings. The summed E-state index contributed by atoms with van der Waals surface area (Å²) in [6.45, 7) is 9.19. The number of rotatable bonds is 4. The van der Waals surface area contributed by atoms with E-state index in [0.29, 0.717) is 6.42 Å². The quantitative estimate of drug-likeness (QED) is 0.783. The predicted octanol–water partition coefficient (Wildman–Crippen LogP) is 0.550. The highest BCUT2D eigenvalue weighted by Gasteiger charge is 2.31. The molecule has 2 saturated heterocycles. The second-order valence-electron chi connectivity index (χ2n) is 6.72. The molecular weight excluding hydrogens is 326 g/mol. The molecule has 3 heterocycles. The van der Waals surface area contributed by atoms with Gasteiger partial charge in [0.1, 0.15) is 17.5 Å². The topological polar surface area (TPSA) is 69.6 Å². The van der Waals surface area contributed by atoms with Crippen LogP contribution in [0.1, 0.15) is 19.2 Å². The molecule has 0 N–H and O–H groups in total. The number of aromatic nitrogens is 2. The molecule has 2 aliphatic rings. The van der Waals surface area contributed by atoms with E-state index < -0.39 is 9.84 Å². The van der Waals surface area contributed by atoms with Crippen LogP contribution >= 0.6 is 0 Å². The molecule has 24 heavy (non-hydrogen) atoms. The smallest absolute Gasteiger partial charge is 0.152 e. The van der Waals surface area contributed by atoms with E-state index in [1.165, 1.54) is 0 Å². The first kappa shape index (κ1) is 17.4. The molecule has 8 heteroatoms. The van der Waals surface area contributed by atoms with Crippen molar-refractivity contribution in [1.29, 1.82) is 0 Å². The zero-order valence-electron chi connectivity index (χ0n) is 14.8. The van der Waals surface area contributed by atoms with Crippen molar-refractivity contribution in [3.8, 4) is 0 Å². The lowest BCUT2D eigenvalue weighted by Crippen LogP contribution is -2.46. The van der Waals surface area contributed by atoms with E-state index in [9.17, 15) is 8.42 Å². The minimum Gasteiger partial charge on any atom is -0.355 e. The van der Waals surface area contributed by atoms with Gasteiger partial charge in [-0.1, -0.05) is 6.92 Å². The number of piperazine rings is 1. The highest BCUT2D eigenvalue weighted by atomic mass is 32.2. The first-order valence-corrected chi connectivity index (χ1v) is 10.5. The van der Waals surface area contributed by atoms with Gasteiger partial charge in [-0.2, -0.15) is 0 Å². The van der Waals surface area contributed by atoms with E-state index in [0.717, 1.165) is 50.2 Å². The first-order valence-electron chi connectivity index (χ1n) is 8.64. The van der Waals surface area contributed by atoms with Crippen molar-refractivity contribution in [3.05, 3.63) is 11.9 Å². The van der Waals surface area contributed by atoms with Crippen molar-refractivity contribution in [2.75, 3.05) is 61.1 Å². The van der Waals surface area contributed by atoms with Gasteiger partial charge in [-0.15, -0.1) is 0 Å². The Morgan fingerprint density at radius 2 is 1.96 bits per heavy atom. The summed E-state index contributed by atoms with van der Waals surface area (Å²) in [5.74, 6) is 2.99. The molecule has 1 unspecified atom stereocenters. The van der Waals surface area contributed by atoms with Crippen LogP contribution in [-0.2, 0) is 9.84 Å². The fourth-order valence-corrected chi connectivity index (χ4v) is 5.21. The van der Waals surface area contributed by atoms with E-state index in [1.807, 2.05) is 24.9 Å². The molecule has 1 aromatic rings. The summed E-state index contributed by atoms with van der Waals surface area (Å²) >= 11 is 0. The summed E-state index contributed by atoms with van der Waals surface area (Å²) in [4.78, 5) is 15.9. The van der Waals surface area contributed by atoms with Crippen LogP contribution in [0.2, 0.25) is 0 Å². The van der Waals surface area contributed by atoms with E-state index in [4.69, 9.17) is 0 Å². The van der Waals surface area contributed by atoms with Crippen LogP contribution in [0.4, 0.5) is 11.6 Å². The van der Waals surface area contributed by atoms with Crippen molar-refractivity contribution in [2.45, 2.75) is 26.3 Å². The zero-order valence-corrected chi connectivity index (χ0v) is 15.6. The lowest BCUT2D eigenvalue weighted by Gasteiger charge is -2.35. The first-order chi connectivity index (χ1) is 11.4. The number of hydrogen-bond donors (Lipinski definition) is 0. The standard InChI is InChI=1S/C16H27N5O2S/c1-4-20-6-8-21(9-7-20)16-11-15(17-13(2)18-16)19(3)14-5-10-24(22,23)12-14/h11,14H,4-10,12H2,1-3H3. The van der Waals surface area contributed by atoms with Crippen LogP contribution in [0, 0.1) is 6.92 Å². The summed E-state index contributed by atoms with van der Waals surface area (Å²) in [6, 6.07) is 2.01. The lowest BCUT2D eigenvalue weighted by atomic mass is 10.2. The Bertz CT molecular complexity index is 686. The van der Waals surface area contributed by atoms with Gasteiger partial charge in [-0.05, 0) is 19.9 Å². The van der Waals surface area contributed by atoms with Crippen LogP contribution in [0.25, 0.3) is 0 Å². The number of anilines is 2. The maximum absolute atomic E-state index is 11.7. The van der Waals surface area contributed by atoms with Crippen LogP contribution < -0.4 is 9.80 Å². The fourth-order valence-electron chi connectivity index (χ4n) is 3.44.